The van der Waals surface area contributed by atoms with Crippen molar-refractivity contribution in [3.05, 3.63) is 0 Å². The summed E-state index contributed by atoms with van der Waals surface area (Å²) in [5.74, 6) is 0. The highest BCUT2D eigenvalue weighted by molar-refractivity contribution is 8.38. The quantitative estimate of drug-likeness (QED) is 0.435. The molecule has 54 valence electrons. The average molecular weight is 163 g/mol. The maximum Gasteiger partial charge on any atom is 0.124 e. The van der Waals surface area contributed by atoms with E-state index in [2.05, 4.69) is 31.4 Å². The van der Waals surface area contributed by atoms with Gasteiger partial charge in [0, 0.05) is 6.04 Å². The largest absolute Gasteiger partial charge is 0.269 e. The molecular formula is C6H13NS2. The molecule has 0 aliphatic rings. The summed E-state index contributed by atoms with van der Waals surface area (Å²) in [6.07, 6.45) is 4.11. The lowest BCUT2D eigenvalue weighted by Crippen LogP contribution is -1.92. The fourth-order valence-corrected chi connectivity index (χ4v) is 1.70. The summed E-state index contributed by atoms with van der Waals surface area (Å²) in [5, 5.41) is 0. The first-order valence-corrected chi connectivity index (χ1v) is 5.31. The second-order valence-electron chi connectivity index (χ2n) is 1.90. The molecule has 0 radical (unpaired) electrons. The summed E-state index contributed by atoms with van der Waals surface area (Å²) in [6.45, 7) is 4.18. The van der Waals surface area contributed by atoms with Crippen molar-refractivity contribution in [3.63, 3.8) is 0 Å². The van der Waals surface area contributed by atoms with Crippen molar-refractivity contribution in [2.75, 3.05) is 12.5 Å². The molecule has 0 atom stereocenters. The SMILES string of the molecule is CSC(=NC(C)C)SC. The Morgan fingerprint density at radius 1 is 1.22 bits per heavy atom. The highest BCUT2D eigenvalue weighted by Gasteiger charge is 1.93. The van der Waals surface area contributed by atoms with E-state index in [4.69, 9.17) is 0 Å². The maximum absolute atomic E-state index is 4.36. The van der Waals surface area contributed by atoms with Gasteiger partial charge in [-0.2, -0.15) is 0 Å². The van der Waals surface area contributed by atoms with E-state index in [9.17, 15) is 0 Å². The van der Waals surface area contributed by atoms with Crippen LogP contribution in [0.25, 0.3) is 0 Å². The van der Waals surface area contributed by atoms with Crippen LogP contribution in [0.2, 0.25) is 0 Å². The van der Waals surface area contributed by atoms with Crippen LogP contribution in [-0.4, -0.2) is 22.9 Å². The first-order valence-electron chi connectivity index (χ1n) is 2.86. The van der Waals surface area contributed by atoms with Gasteiger partial charge in [-0.1, -0.05) is 0 Å². The average Bonchev–Trinajstić information content (AvgIpc) is 1.82. The third-order valence-electron chi connectivity index (χ3n) is 0.713. The smallest absolute Gasteiger partial charge is 0.124 e. The molecule has 0 aliphatic heterocycles. The Morgan fingerprint density at radius 2 is 1.67 bits per heavy atom. The van der Waals surface area contributed by atoms with Crippen LogP contribution in [0, 0.1) is 0 Å². The molecule has 0 amide bonds. The highest BCUT2D eigenvalue weighted by Crippen LogP contribution is 2.11. The molecular weight excluding hydrogens is 150 g/mol. The minimum atomic E-state index is 0.430. The Balaban J connectivity index is 3.75. The van der Waals surface area contributed by atoms with Crippen LogP contribution in [0.4, 0.5) is 0 Å². The number of hydrogen-bond acceptors (Lipinski definition) is 3. The van der Waals surface area contributed by atoms with Crippen LogP contribution in [0.1, 0.15) is 13.8 Å². The van der Waals surface area contributed by atoms with E-state index in [0.29, 0.717) is 6.04 Å². The molecule has 9 heavy (non-hydrogen) atoms. The van der Waals surface area contributed by atoms with Crippen molar-refractivity contribution in [1.82, 2.24) is 0 Å². The molecule has 0 aromatic heterocycles. The van der Waals surface area contributed by atoms with Gasteiger partial charge in [0.25, 0.3) is 0 Å². The molecule has 0 saturated carbocycles. The minimum absolute atomic E-state index is 0.430. The van der Waals surface area contributed by atoms with Gasteiger partial charge in [0.2, 0.25) is 0 Å². The Hall–Kier alpha value is 0.370. The molecule has 0 rings (SSSR count). The van der Waals surface area contributed by atoms with E-state index < -0.39 is 0 Å². The van der Waals surface area contributed by atoms with Gasteiger partial charge in [0.15, 0.2) is 0 Å². The predicted molar refractivity (Wildman–Crippen MR) is 49.6 cm³/mol. The van der Waals surface area contributed by atoms with E-state index in [1.807, 2.05) is 0 Å². The van der Waals surface area contributed by atoms with Crippen LogP contribution in [0.5, 0.6) is 0 Å². The standard InChI is InChI=1S/C6H13NS2/c1-5(2)7-6(8-3)9-4/h5H,1-4H3. The highest BCUT2D eigenvalue weighted by atomic mass is 32.2. The molecule has 0 bridgehead atoms. The van der Waals surface area contributed by atoms with E-state index in [0.717, 1.165) is 0 Å². The zero-order valence-electron chi connectivity index (χ0n) is 6.34. The molecule has 1 nitrogen and oxygen atoms in total. The number of rotatable bonds is 1. The van der Waals surface area contributed by atoms with Gasteiger partial charge < -0.3 is 0 Å². The molecule has 3 heteroatoms. The molecule has 0 aromatic rings. The first kappa shape index (κ1) is 9.37. The van der Waals surface area contributed by atoms with Crippen LogP contribution >= 0.6 is 23.5 Å². The lowest BCUT2D eigenvalue weighted by Gasteiger charge is -1.99. The zero-order chi connectivity index (χ0) is 7.28. The Kier molecular flexibility index (Phi) is 5.39. The summed E-state index contributed by atoms with van der Waals surface area (Å²) in [5.41, 5.74) is 0. The molecule has 0 fully saturated rings. The topological polar surface area (TPSA) is 12.4 Å². The summed E-state index contributed by atoms with van der Waals surface area (Å²) >= 11 is 3.42. The summed E-state index contributed by atoms with van der Waals surface area (Å²) in [7, 11) is 0. The molecule has 0 unspecified atom stereocenters. The third kappa shape index (κ3) is 4.85. The van der Waals surface area contributed by atoms with Crippen molar-refractivity contribution in [2.24, 2.45) is 4.99 Å². The van der Waals surface area contributed by atoms with Crippen molar-refractivity contribution < 1.29 is 0 Å². The monoisotopic (exact) mass is 163 g/mol. The van der Waals surface area contributed by atoms with Crippen molar-refractivity contribution >= 4 is 27.9 Å². The Bertz CT molecular complexity index is 93.2. The molecule has 0 aliphatic carbocycles. The van der Waals surface area contributed by atoms with E-state index in [1.165, 1.54) is 4.38 Å². The maximum atomic E-state index is 4.36. The number of aliphatic imine (C=N–C) groups is 1. The summed E-state index contributed by atoms with van der Waals surface area (Å²) < 4.78 is 1.17. The molecule has 0 N–H and O–H groups in total. The van der Waals surface area contributed by atoms with Gasteiger partial charge in [-0.3, -0.25) is 4.99 Å². The molecule has 0 heterocycles. The van der Waals surface area contributed by atoms with Gasteiger partial charge in [0.1, 0.15) is 4.38 Å². The van der Waals surface area contributed by atoms with Crippen molar-refractivity contribution in [2.45, 2.75) is 19.9 Å². The van der Waals surface area contributed by atoms with E-state index >= 15 is 0 Å². The number of thioether (sulfide) groups is 2. The lowest BCUT2D eigenvalue weighted by atomic mass is 10.4. The normalized spacial score (nSPS) is 9.89. The van der Waals surface area contributed by atoms with E-state index in [1.54, 1.807) is 23.5 Å². The molecule has 0 spiro atoms. The summed E-state index contributed by atoms with van der Waals surface area (Å²) in [6, 6.07) is 0.430. The Morgan fingerprint density at radius 3 is 1.78 bits per heavy atom. The third-order valence-corrected chi connectivity index (χ3v) is 2.62. The van der Waals surface area contributed by atoms with Gasteiger partial charge in [-0.25, -0.2) is 0 Å². The van der Waals surface area contributed by atoms with E-state index in [-0.39, 0.29) is 0 Å². The van der Waals surface area contributed by atoms with Crippen LogP contribution < -0.4 is 0 Å². The van der Waals surface area contributed by atoms with Gasteiger partial charge in [-0.15, -0.1) is 23.5 Å². The van der Waals surface area contributed by atoms with Gasteiger partial charge >= 0.3 is 0 Å². The fraction of sp³-hybridized carbons (Fsp3) is 0.833. The van der Waals surface area contributed by atoms with Crippen LogP contribution in [0.3, 0.4) is 0 Å². The lowest BCUT2D eigenvalue weighted by molar-refractivity contribution is 0.842. The Labute approximate surface area is 65.7 Å². The minimum Gasteiger partial charge on any atom is -0.269 e. The molecule has 0 saturated heterocycles. The fourth-order valence-electron chi connectivity index (χ4n) is 0.400. The predicted octanol–water partition coefficient (Wildman–Crippen LogP) is 2.48. The second-order valence-corrected chi connectivity index (χ2v) is 3.75. The molecule has 0 aromatic carbocycles. The van der Waals surface area contributed by atoms with Crippen LogP contribution in [0.15, 0.2) is 4.99 Å². The number of nitrogens with zero attached hydrogens (tertiary/aromatic N) is 1. The second kappa shape index (κ2) is 5.18. The van der Waals surface area contributed by atoms with Crippen molar-refractivity contribution in [1.29, 1.82) is 0 Å². The van der Waals surface area contributed by atoms with Crippen molar-refractivity contribution in [3.8, 4) is 0 Å². The van der Waals surface area contributed by atoms with Gasteiger partial charge in [0.05, 0.1) is 0 Å². The van der Waals surface area contributed by atoms with Gasteiger partial charge in [-0.05, 0) is 26.4 Å². The zero-order valence-corrected chi connectivity index (χ0v) is 7.97. The summed E-state index contributed by atoms with van der Waals surface area (Å²) in [4.78, 5) is 4.36. The van der Waals surface area contributed by atoms with Crippen LogP contribution in [-0.2, 0) is 0 Å². The first-order chi connectivity index (χ1) is 4.20. The number of hydrogen-bond donors (Lipinski definition) is 0.